The van der Waals surface area contributed by atoms with Crippen LogP contribution in [0.3, 0.4) is 0 Å². The molecule has 0 saturated heterocycles. The number of benzene rings is 1. The summed E-state index contributed by atoms with van der Waals surface area (Å²) in [7, 11) is 1.71. The quantitative estimate of drug-likeness (QED) is 0.914. The molecule has 1 aromatic heterocycles. The van der Waals surface area contributed by atoms with Crippen LogP contribution >= 0.6 is 11.3 Å². The monoisotopic (exact) mass is 302 g/mol. The van der Waals surface area contributed by atoms with Crippen molar-refractivity contribution in [3.8, 4) is 5.75 Å². The van der Waals surface area contributed by atoms with Crippen LogP contribution in [0.15, 0.2) is 24.3 Å². The first-order valence-corrected chi connectivity index (χ1v) is 8.49. The first-order chi connectivity index (χ1) is 10.3. The van der Waals surface area contributed by atoms with Crippen LogP contribution in [0.25, 0.3) is 0 Å². The van der Waals surface area contributed by atoms with Crippen molar-refractivity contribution in [1.82, 2.24) is 10.3 Å². The number of thiazole rings is 1. The van der Waals surface area contributed by atoms with Crippen LogP contribution in [-0.4, -0.2) is 18.6 Å². The molecule has 0 radical (unpaired) electrons. The van der Waals surface area contributed by atoms with Crippen LogP contribution in [0.5, 0.6) is 5.75 Å². The third-order valence-corrected chi connectivity index (χ3v) is 5.17. The predicted molar refractivity (Wildman–Crippen MR) is 87.3 cm³/mol. The molecule has 1 unspecified atom stereocenters. The predicted octanol–water partition coefficient (Wildman–Crippen LogP) is 3.73. The zero-order valence-electron chi connectivity index (χ0n) is 12.7. The molecule has 0 aliphatic heterocycles. The van der Waals surface area contributed by atoms with Crippen LogP contribution in [0, 0.1) is 0 Å². The van der Waals surface area contributed by atoms with E-state index in [2.05, 4.69) is 24.4 Å². The average Bonchev–Trinajstić information content (AvgIpc) is 2.96. The van der Waals surface area contributed by atoms with E-state index in [9.17, 15) is 0 Å². The highest BCUT2D eigenvalue weighted by atomic mass is 32.1. The third kappa shape index (κ3) is 3.11. The first kappa shape index (κ1) is 14.5. The zero-order valence-corrected chi connectivity index (χ0v) is 13.5. The largest absolute Gasteiger partial charge is 0.497 e. The maximum atomic E-state index is 5.36. The second-order valence-corrected chi connectivity index (χ2v) is 6.51. The molecule has 1 aromatic carbocycles. The molecular weight excluding hydrogens is 280 g/mol. The summed E-state index contributed by atoms with van der Waals surface area (Å²) in [5.74, 6) is 0.900. The molecular formula is C17H22N2OS. The van der Waals surface area contributed by atoms with E-state index in [4.69, 9.17) is 9.72 Å². The second-order valence-electron chi connectivity index (χ2n) is 5.40. The molecule has 3 nitrogen and oxygen atoms in total. The fraction of sp³-hybridized carbons (Fsp3) is 0.471. The number of aromatic nitrogens is 1. The molecule has 0 saturated carbocycles. The molecule has 0 spiro atoms. The van der Waals surface area contributed by atoms with Gasteiger partial charge in [-0.1, -0.05) is 19.1 Å². The molecule has 0 bridgehead atoms. The Morgan fingerprint density at radius 2 is 2.19 bits per heavy atom. The van der Waals surface area contributed by atoms with Gasteiger partial charge in [-0.25, -0.2) is 4.98 Å². The summed E-state index contributed by atoms with van der Waals surface area (Å²) in [5, 5.41) is 4.76. The fourth-order valence-corrected chi connectivity index (χ4v) is 4.13. The van der Waals surface area contributed by atoms with Crippen LogP contribution < -0.4 is 10.1 Å². The molecule has 21 heavy (non-hydrogen) atoms. The Morgan fingerprint density at radius 3 is 2.95 bits per heavy atom. The number of hydrogen-bond acceptors (Lipinski definition) is 4. The summed E-state index contributed by atoms with van der Waals surface area (Å²) in [6.07, 6.45) is 4.92. The smallest absolute Gasteiger partial charge is 0.119 e. The van der Waals surface area contributed by atoms with Gasteiger partial charge < -0.3 is 10.1 Å². The Balaban J connectivity index is 1.94. The van der Waals surface area contributed by atoms with Gasteiger partial charge in [-0.15, -0.1) is 11.3 Å². The minimum absolute atomic E-state index is 0.167. The lowest BCUT2D eigenvalue weighted by atomic mass is 10.0. The molecule has 1 aliphatic carbocycles. The van der Waals surface area contributed by atoms with E-state index in [1.54, 1.807) is 7.11 Å². The number of hydrogen-bond donors (Lipinski definition) is 1. The molecule has 2 aromatic rings. The summed E-state index contributed by atoms with van der Waals surface area (Å²) in [5.41, 5.74) is 2.55. The van der Waals surface area contributed by atoms with Crippen LogP contribution in [0.4, 0.5) is 0 Å². The number of nitrogens with zero attached hydrogens (tertiary/aromatic N) is 1. The Hall–Kier alpha value is -1.39. The van der Waals surface area contributed by atoms with Crippen molar-refractivity contribution in [3.05, 3.63) is 45.4 Å². The standard InChI is InChI=1S/C17H22N2OS/c1-3-18-16(12-7-6-8-13(11-12)20-2)17-19-14-9-4-5-10-15(14)21-17/h6-8,11,16,18H,3-5,9-10H2,1-2H3. The Labute approximate surface area is 130 Å². The summed E-state index contributed by atoms with van der Waals surface area (Å²) in [4.78, 5) is 6.40. The van der Waals surface area contributed by atoms with Crippen molar-refractivity contribution < 1.29 is 4.74 Å². The van der Waals surface area contributed by atoms with Gasteiger partial charge in [-0.05, 0) is 49.9 Å². The minimum Gasteiger partial charge on any atom is -0.497 e. The summed E-state index contributed by atoms with van der Waals surface area (Å²) in [6.45, 7) is 3.06. The van der Waals surface area contributed by atoms with E-state index >= 15 is 0 Å². The fourth-order valence-electron chi connectivity index (χ4n) is 2.87. The SMILES string of the molecule is CCNC(c1cccc(OC)c1)c1nc2c(s1)CCCC2. The molecule has 4 heteroatoms. The zero-order chi connectivity index (χ0) is 14.7. The molecule has 3 rings (SSSR count). The number of aryl methyl sites for hydroxylation is 2. The maximum Gasteiger partial charge on any atom is 0.119 e. The van der Waals surface area contributed by atoms with Gasteiger partial charge in [-0.2, -0.15) is 0 Å². The molecule has 0 amide bonds. The van der Waals surface area contributed by atoms with E-state index in [-0.39, 0.29) is 6.04 Å². The highest BCUT2D eigenvalue weighted by molar-refractivity contribution is 7.11. The van der Waals surface area contributed by atoms with Gasteiger partial charge in [0.2, 0.25) is 0 Å². The molecule has 1 atom stereocenters. The van der Waals surface area contributed by atoms with Gasteiger partial charge in [0, 0.05) is 4.88 Å². The van der Waals surface area contributed by atoms with E-state index in [0.29, 0.717) is 0 Å². The lowest BCUT2D eigenvalue weighted by Gasteiger charge is -2.16. The number of ether oxygens (including phenoxy) is 1. The van der Waals surface area contributed by atoms with Gasteiger partial charge in [0.1, 0.15) is 10.8 Å². The minimum atomic E-state index is 0.167. The van der Waals surface area contributed by atoms with Crippen molar-refractivity contribution in [2.75, 3.05) is 13.7 Å². The molecule has 112 valence electrons. The topological polar surface area (TPSA) is 34.1 Å². The average molecular weight is 302 g/mol. The molecule has 1 N–H and O–H groups in total. The van der Waals surface area contributed by atoms with Crippen LogP contribution in [-0.2, 0) is 12.8 Å². The van der Waals surface area contributed by atoms with Crippen LogP contribution in [0.2, 0.25) is 0 Å². The Morgan fingerprint density at radius 1 is 1.33 bits per heavy atom. The summed E-state index contributed by atoms with van der Waals surface area (Å²) in [6, 6.07) is 8.45. The van der Waals surface area contributed by atoms with Gasteiger partial charge >= 0.3 is 0 Å². The lowest BCUT2D eigenvalue weighted by Crippen LogP contribution is -2.22. The molecule has 1 aliphatic rings. The molecule has 1 heterocycles. The van der Waals surface area contributed by atoms with Crippen molar-refractivity contribution in [2.45, 2.75) is 38.6 Å². The highest BCUT2D eigenvalue weighted by Gasteiger charge is 2.22. The third-order valence-electron chi connectivity index (χ3n) is 3.94. The maximum absolute atomic E-state index is 5.36. The summed E-state index contributed by atoms with van der Waals surface area (Å²) < 4.78 is 5.36. The Kier molecular flexibility index (Phi) is 4.56. The normalized spacial score (nSPS) is 15.5. The highest BCUT2D eigenvalue weighted by Crippen LogP contribution is 2.33. The Bertz CT molecular complexity index is 585. The molecule has 0 fully saturated rings. The van der Waals surface area contributed by atoms with Gasteiger partial charge in [-0.3, -0.25) is 0 Å². The lowest BCUT2D eigenvalue weighted by molar-refractivity contribution is 0.413. The number of rotatable bonds is 5. The van der Waals surface area contributed by atoms with Crippen molar-refractivity contribution in [3.63, 3.8) is 0 Å². The van der Waals surface area contributed by atoms with Gasteiger partial charge in [0.15, 0.2) is 0 Å². The number of fused-ring (bicyclic) bond motifs is 1. The van der Waals surface area contributed by atoms with Gasteiger partial charge in [0.05, 0.1) is 18.8 Å². The van der Waals surface area contributed by atoms with Crippen LogP contribution in [0.1, 0.15) is 46.9 Å². The summed E-state index contributed by atoms with van der Waals surface area (Å²) >= 11 is 1.88. The van der Waals surface area contributed by atoms with Crippen molar-refractivity contribution >= 4 is 11.3 Å². The van der Waals surface area contributed by atoms with Crippen molar-refractivity contribution in [1.29, 1.82) is 0 Å². The first-order valence-electron chi connectivity index (χ1n) is 7.67. The van der Waals surface area contributed by atoms with E-state index in [1.165, 1.54) is 40.4 Å². The van der Waals surface area contributed by atoms with E-state index in [0.717, 1.165) is 18.7 Å². The number of nitrogens with one attached hydrogen (secondary N) is 1. The van der Waals surface area contributed by atoms with E-state index < -0.39 is 0 Å². The number of methoxy groups -OCH3 is 1. The van der Waals surface area contributed by atoms with Gasteiger partial charge in [0.25, 0.3) is 0 Å². The second kappa shape index (κ2) is 6.58. The van der Waals surface area contributed by atoms with Crippen molar-refractivity contribution in [2.24, 2.45) is 0 Å². The van der Waals surface area contributed by atoms with E-state index in [1.807, 2.05) is 23.5 Å².